The fourth-order valence-electron chi connectivity index (χ4n) is 18.6. The highest BCUT2D eigenvalue weighted by Gasteiger charge is 2.56. The number of halogens is 8. The molecule has 0 aromatic carbocycles. The molecule has 3 heterocycles. The average molecular weight is 1590 g/mol. The molecular formula is C78H122F8N12O13. The van der Waals surface area contributed by atoms with Crippen LogP contribution in [0.3, 0.4) is 0 Å². The molecule has 5 aliphatic carbocycles. The molecule has 8 rings (SSSR count). The van der Waals surface area contributed by atoms with Gasteiger partial charge in [0.1, 0.15) is 72.1 Å². The zero-order valence-electron chi connectivity index (χ0n) is 66.8. The molecule has 12 atom stereocenters. The number of hydrogen-bond acceptors (Lipinski definition) is 13. The summed E-state index contributed by atoms with van der Waals surface area (Å²) in [4.78, 5) is 193. The topological polar surface area (TPSA) is 279 Å². The first-order chi connectivity index (χ1) is 52.2. The molecule has 3 N–H and O–H groups in total. The second-order valence-corrected chi connectivity index (χ2v) is 33.6. The van der Waals surface area contributed by atoms with Crippen LogP contribution < -0.4 is 16.0 Å². The summed E-state index contributed by atoms with van der Waals surface area (Å²) >= 11 is 0. The smallest absolute Gasteiger partial charge is 0.377 e. The lowest BCUT2D eigenvalue weighted by Crippen LogP contribution is -2.68. The van der Waals surface area contributed by atoms with Crippen molar-refractivity contribution >= 4 is 70.9 Å². The van der Waals surface area contributed by atoms with Gasteiger partial charge in [-0.2, -0.15) is 26.3 Å². The van der Waals surface area contributed by atoms with E-state index in [0.29, 0.717) is 57.8 Å². The van der Waals surface area contributed by atoms with Crippen LogP contribution in [0.5, 0.6) is 0 Å². The maximum atomic E-state index is 15.6. The molecule has 628 valence electrons. The van der Waals surface area contributed by atoms with Crippen molar-refractivity contribution in [2.24, 2.45) is 41.4 Å². The van der Waals surface area contributed by atoms with E-state index in [2.05, 4.69) is 16.0 Å². The lowest BCUT2D eigenvalue weighted by atomic mass is 9.74. The van der Waals surface area contributed by atoms with Gasteiger partial charge in [0.25, 0.3) is 0 Å². The van der Waals surface area contributed by atoms with Gasteiger partial charge in [0.2, 0.25) is 70.9 Å². The van der Waals surface area contributed by atoms with Gasteiger partial charge in [-0.25, -0.2) is 8.78 Å². The van der Waals surface area contributed by atoms with E-state index in [9.17, 15) is 45.5 Å². The van der Waals surface area contributed by atoms with Crippen LogP contribution in [0.15, 0.2) is 0 Å². The Morgan fingerprint density at radius 2 is 1.15 bits per heavy atom. The molecule has 8 fully saturated rings. The van der Waals surface area contributed by atoms with Gasteiger partial charge in [-0.05, 0) is 146 Å². The number of rotatable bonds is 13. The van der Waals surface area contributed by atoms with Crippen molar-refractivity contribution in [3.05, 3.63) is 0 Å². The lowest BCUT2D eigenvalue weighted by Gasteiger charge is -2.46. The summed E-state index contributed by atoms with van der Waals surface area (Å²) < 4.78 is 122. The van der Waals surface area contributed by atoms with Crippen molar-refractivity contribution in [1.29, 1.82) is 0 Å². The largest absolute Gasteiger partial charge is 0.397 e. The molecule has 111 heavy (non-hydrogen) atoms. The van der Waals surface area contributed by atoms with Crippen LogP contribution >= 0.6 is 0 Å². The summed E-state index contributed by atoms with van der Waals surface area (Å²) in [5.41, 5.74) is -1.69. The van der Waals surface area contributed by atoms with Gasteiger partial charge in [0.05, 0.1) is 31.5 Å². The third-order valence-electron chi connectivity index (χ3n) is 25.8. The Kier molecular flexibility index (Phi) is 31.4. The maximum Gasteiger partial charge on any atom is 0.397 e. The molecular weight excluding hydrogens is 1460 g/mol. The number of alkyl halides is 8. The van der Waals surface area contributed by atoms with Crippen LogP contribution in [0.4, 0.5) is 35.1 Å². The van der Waals surface area contributed by atoms with Crippen molar-refractivity contribution in [2.75, 3.05) is 89.2 Å². The number of amides is 12. The molecule has 3 aliphatic heterocycles. The van der Waals surface area contributed by atoms with E-state index in [0.717, 1.165) is 51.7 Å². The summed E-state index contributed by atoms with van der Waals surface area (Å²) in [7, 11) is 11.1. The first-order valence-corrected chi connectivity index (χ1v) is 40.6. The molecule has 0 radical (unpaired) electrons. The van der Waals surface area contributed by atoms with Crippen LogP contribution in [-0.2, 0) is 62.3 Å². The van der Waals surface area contributed by atoms with E-state index >= 15 is 47.1 Å². The normalized spacial score (nSPS) is 32.2. The first-order valence-electron chi connectivity index (χ1n) is 40.6. The number of nitrogens with one attached hydrogen (secondary N) is 3. The van der Waals surface area contributed by atoms with E-state index in [1.165, 1.54) is 80.9 Å². The summed E-state index contributed by atoms with van der Waals surface area (Å²) in [5, 5.41) is 8.53. The summed E-state index contributed by atoms with van der Waals surface area (Å²) in [6.45, 7) is 3.46. The number of carbonyl (C=O) groups excluding carboxylic acids is 12. The van der Waals surface area contributed by atoms with Crippen molar-refractivity contribution < 1.29 is 97.4 Å². The van der Waals surface area contributed by atoms with Crippen molar-refractivity contribution in [1.82, 2.24) is 60.0 Å². The Bertz CT molecular complexity index is 3260. The Labute approximate surface area is 648 Å². The first kappa shape index (κ1) is 89.6. The minimum atomic E-state index is -5.21. The third kappa shape index (κ3) is 21.9. The minimum Gasteiger partial charge on any atom is -0.377 e. The van der Waals surface area contributed by atoms with Crippen LogP contribution in [0.1, 0.15) is 207 Å². The zero-order chi connectivity index (χ0) is 81.9. The van der Waals surface area contributed by atoms with Crippen molar-refractivity contribution in [3.63, 3.8) is 0 Å². The van der Waals surface area contributed by atoms with E-state index in [4.69, 9.17) is 4.74 Å². The monoisotopic (exact) mass is 1590 g/mol. The van der Waals surface area contributed by atoms with E-state index in [1.54, 1.807) is 20.8 Å². The fourth-order valence-corrected chi connectivity index (χ4v) is 18.6. The van der Waals surface area contributed by atoms with Gasteiger partial charge < -0.3 is 64.8 Å². The van der Waals surface area contributed by atoms with Crippen LogP contribution in [0, 0.1) is 41.4 Å². The SMILES string of the molecule is CCO[C@@H]1C[C@H]2C(=O)NC3(CCC3)C(=O)N(C)[C@@H](C3CCCC3)C(=O)N(C)[C@H](C(=O)N(C)C)CC(=O)N(C)[C@@H](CC3CCCCC3)C(=O)N[C@@H]([C@@H](C)CC)C(=O)N(C)CC(=O)N(C)[C@H]3CCCCCN(C3=O)[C@@H](CC3CCC(C(F)(F)F)CC3)C(=O)N(C)CC(=O)N[C@@H](CCC3CC(F)C(C(F)(F)F)C(F)C3)C(=O)N2C1. The Balaban J connectivity index is 1.21. The van der Waals surface area contributed by atoms with Crippen LogP contribution in [0.25, 0.3) is 0 Å². The highest BCUT2D eigenvalue weighted by molar-refractivity contribution is 6.01. The predicted molar refractivity (Wildman–Crippen MR) is 393 cm³/mol. The molecule has 1 spiro atoms. The Morgan fingerprint density at radius 1 is 0.568 bits per heavy atom. The summed E-state index contributed by atoms with van der Waals surface area (Å²) in [6.07, 6.45) is -10.8. The average Bonchev–Trinajstić information content (AvgIpc) is 1.74. The standard InChI is InChI=1S/C78H122F8N12O13/c1-12-46(3)65-73(108)92(7)45-63(101)93(8)56-27-18-15-21-36-97(72(56)107)60(40-48-28-31-51(32-29-48)77(81,82)83)71(106)91(6)44-61(99)87-55(33-30-49-37-53(79)64(54(80)38-49)78(84,85)86)69(104)98-43-52(111-13-2)41-58(98)68(103)89-76(34-22-35-76)75(110)96(11)66(50-25-19-20-26-50)74(109)95(10)59(70(105)90(4)5)42-62(100)94(9)57(67(102)88-65)39-47-23-16-14-17-24-47/h46-60,64-66H,12-45H2,1-11H3,(H,87,99)(H,88,102)(H,89,103)/t46-,48?,49?,51?,52+,53?,54?,55-,56-,57-,58-,59-,60-,64?,65-,66-/m0/s1. The Morgan fingerprint density at radius 3 is 1.73 bits per heavy atom. The quantitative estimate of drug-likeness (QED) is 0.151. The summed E-state index contributed by atoms with van der Waals surface area (Å²) in [5.74, 6) is -16.4. The van der Waals surface area contributed by atoms with Crippen molar-refractivity contribution in [2.45, 2.75) is 292 Å². The molecule has 33 heteroatoms. The van der Waals surface area contributed by atoms with Crippen LogP contribution in [0.2, 0.25) is 0 Å². The van der Waals surface area contributed by atoms with Gasteiger partial charge in [-0.15, -0.1) is 0 Å². The van der Waals surface area contributed by atoms with Gasteiger partial charge in [-0.3, -0.25) is 57.5 Å². The number of hydrogen-bond donors (Lipinski definition) is 3. The molecule has 25 nitrogen and oxygen atoms in total. The number of carbonyl (C=O) groups is 12. The minimum absolute atomic E-state index is 0.0117. The van der Waals surface area contributed by atoms with E-state index in [-0.39, 0.29) is 96.2 Å². The molecule has 8 aliphatic rings. The molecule has 3 saturated heterocycles. The number of fused-ring (bicyclic) bond motifs is 3. The van der Waals surface area contributed by atoms with E-state index < -0.39 is 230 Å². The number of likely N-dealkylation sites (N-methyl/N-ethyl adjacent to an activating group) is 7. The predicted octanol–water partition coefficient (Wildman–Crippen LogP) is 7.50. The molecule has 2 bridgehead atoms. The number of ether oxygens (including phenoxy) is 1. The molecule has 0 aromatic rings. The molecule has 0 aromatic heterocycles. The number of nitrogens with zero attached hydrogens (tertiary/aromatic N) is 9. The molecule has 2 unspecified atom stereocenters. The fraction of sp³-hybridized carbons (Fsp3) is 0.846. The van der Waals surface area contributed by atoms with Crippen LogP contribution in [-0.4, -0.2) is 289 Å². The van der Waals surface area contributed by atoms with Gasteiger partial charge in [0, 0.05) is 82.5 Å². The van der Waals surface area contributed by atoms with Gasteiger partial charge >= 0.3 is 12.4 Å². The van der Waals surface area contributed by atoms with Crippen molar-refractivity contribution in [3.8, 4) is 0 Å². The maximum absolute atomic E-state index is 15.6. The highest BCUT2D eigenvalue weighted by Crippen LogP contribution is 2.46. The lowest BCUT2D eigenvalue weighted by molar-refractivity contribution is -0.219. The van der Waals surface area contributed by atoms with Gasteiger partial charge in [-0.1, -0.05) is 78.1 Å². The highest BCUT2D eigenvalue weighted by atomic mass is 19.4. The summed E-state index contributed by atoms with van der Waals surface area (Å²) in [6, 6.07) is -11.1. The second-order valence-electron chi connectivity index (χ2n) is 33.6. The second kappa shape index (κ2) is 38.9. The third-order valence-corrected chi connectivity index (χ3v) is 25.8. The molecule has 5 saturated carbocycles. The molecule has 12 amide bonds. The van der Waals surface area contributed by atoms with Gasteiger partial charge in [0.15, 0.2) is 0 Å². The Hall–Kier alpha value is -6.96. The zero-order valence-corrected chi connectivity index (χ0v) is 66.8. The van der Waals surface area contributed by atoms with E-state index in [1.807, 2.05) is 0 Å².